The van der Waals surface area contributed by atoms with Gasteiger partial charge in [-0.3, -0.25) is 4.98 Å². The van der Waals surface area contributed by atoms with Crippen LogP contribution in [0, 0.1) is 0 Å². The normalized spacial score (nSPS) is 12.8. The first-order valence-corrected chi connectivity index (χ1v) is 10.2. The summed E-state index contributed by atoms with van der Waals surface area (Å²) in [5.41, 5.74) is 5.55. The van der Waals surface area contributed by atoms with Crippen LogP contribution in [0.25, 0.3) is 11.0 Å². The minimum atomic E-state index is -1.46. The maximum atomic E-state index is 11.6. The van der Waals surface area contributed by atoms with E-state index in [4.69, 9.17) is 42.9 Å². The van der Waals surface area contributed by atoms with Gasteiger partial charge in [0.25, 0.3) is 0 Å². The Morgan fingerprint density at radius 3 is 2.62 bits per heavy atom. The number of fused-ring (bicyclic) bond motifs is 1. The van der Waals surface area contributed by atoms with Crippen molar-refractivity contribution in [1.29, 1.82) is 0 Å². The van der Waals surface area contributed by atoms with Crippen LogP contribution in [0.1, 0.15) is 11.4 Å². The van der Waals surface area contributed by atoms with E-state index in [0.717, 1.165) is 0 Å². The monoisotopic (exact) mass is 485 g/mol. The van der Waals surface area contributed by atoms with Crippen molar-refractivity contribution in [3.05, 3.63) is 51.9 Å². The maximum Gasteiger partial charge on any atom is 0.333 e. The summed E-state index contributed by atoms with van der Waals surface area (Å²) >= 11 is 12.1. The van der Waals surface area contributed by atoms with Crippen LogP contribution in [0.2, 0.25) is 10.0 Å². The second-order valence-electron chi connectivity index (χ2n) is 7.19. The zero-order valence-electron chi connectivity index (χ0n) is 16.7. The second-order valence-corrected chi connectivity index (χ2v) is 8.03. The first kappa shape index (κ1) is 24.2. The minimum Gasteiger partial charge on any atom is -0.486 e. The van der Waals surface area contributed by atoms with E-state index in [1.165, 1.54) is 6.20 Å². The Kier molecular flexibility index (Phi) is 7.88. The quantitative estimate of drug-likeness (QED) is 0.315. The summed E-state index contributed by atoms with van der Waals surface area (Å²) in [7, 11) is 0. The summed E-state index contributed by atoms with van der Waals surface area (Å²) in [6.07, 6.45) is 0.0143. The van der Waals surface area contributed by atoms with E-state index in [1.54, 1.807) is 24.3 Å². The van der Waals surface area contributed by atoms with Crippen LogP contribution >= 0.6 is 23.2 Å². The molecule has 32 heavy (non-hydrogen) atoms. The Balaban J connectivity index is 1.74. The van der Waals surface area contributed by atoms with Crippen LogP contribution < -0.4 is 10.5 Å². The number of ether oxygens (including phenoxy) is 2. The number of carboxylic acids is 1. The number of aliphatic carboxylic acids is 1. The highest BCUT2D eigenvalue weighted by Crippen LogP contribution is 2.33. The number of aliphatic hydroxyl groups is 2. The van der Waals surface area contributed by atoms with Crippen molar-refractivity contribution < 1.29 is 34.1 Å². The zero-order chi connectivity index (χ0) is 23.3. The van der Waals surface area contributed by atoms with Crippen molar-refractivity contribution in [2.45, 2.75) is 24.7 Å². The van der Waals surface area contributed by atoms with Gasteiger partial charge >= 0.3 is 5.97 Å². The number of hydrogen-bond acceptors (Lipinski definition) is 9. The smallest absolute Gasteiger partial charge is 0.333 e. The van der Waals surface area contributed by atoms with Gasteiger partial charge in [-0.2, -0.15) is 0 Å². The molecule has 2 aromatic heterocycles. The van der Waals surface area contributed by atoms with Gasteiger partial charge < -0.3 is 35.1 Å². The third-order valence-corrected chi connectivity index (χ3v) is 5.14. The van der Waals surface area contributed by atoms with Crippen molar-refractivity contribution in [2.24, 2.45) is 5.73 Å². The molecule has 1 aromatic carbocycles. The molecule has 0 aliphatic rings. The fraction of sp³-hybridized carbons (Fsp3) is 0.350. The van der Waals surface area contributed by atoms with Gasteiger partial charge in [-0.15, -0.1) is 0 Å². The highest BCUT2D eigenvalue weighted by molar-refractivity contribution is 6.32. The maximum absolute atomic E-state index is 11.6. The summed E-state index contributed by atoms with van der Waals surface area (Å²) < 4.78 is 16.3. The standard InChI is InChI=1S/C20H21Cl2N3O7/c21-11-1-2-12(24-6-11)7-30-17-5-16-13(3-14(17)22)15(25-32-16)4-18(19(28)29)31-10-20(23,8-26)9-27/h1-3,5-6,18,26-27H,4,7-10,23H2,(H,28,29). The number of hydrogen-bond donors (Lipinski definition) is 4. The first-order chi connectivity index (χ1) is 15.2. The third kappa shape index (κ3) is 5.85. The average Bonchev–Trinajstić information content (AvgIpc) is 3.16. The summed E-state index contributed by atoms with van der Waals surface area (Å²) in [5, 5.41) is 33.2. The van der Waals surface area contributed by atoms with Gasteiger partial charge in [0.05, 0.1) is 46.8 Å². The van der Waals surface area contributed by atoms with Crippen LogP contribution in [0.5, 0.6) is 5.75 Å². The number of carboxylic acid groups (broad SMARTS) is 1. The van der Waals surface area contributed by atoms with Crippen LogP contribution in [0.4, 0.5) is 0 Å². The van der Waals surface area contributed by atoms with Crippen LogP contribution in [0.3, 0.4) is 0 Å². The molecule has 5 N–H and O–H groups in total. The molecule has 0 fully saturated rings. The molecular weight excluding hydrogens is 465 g/mol. The molecule has 0 radical (unpaired) electrons. The highest BCUT2D eigenvalue weighted by Gasteiger charge is 2.29. The molecule has 0 bridgehead atoms. The molecule has 0 aliphatic heterocycles. The zero-order valence-corrected chi connectivity index (χ0v) is 18.2. The van der Waals surface area contributed by atoms with Gasteiger partial charge in [0.15, 0.2) is 11.7 Å². The molecule has 10 nitrogen and oxygen atoms in total. The van der Waals surface area contributed by atoms with E-state index >= 15 is 0 Å². The lowest BCUT2D eigenvalue weighted by Gasteiger charge is -2.26. The van der Waals surface area contributed by atoms with E-state index in [0.29, 0.717) is 33.1 Å². The van der Waals surface area contributed by atoms with Crippen molar-refractivity contribution in [3.63, 3.8) is 0 Å². The van der Waals surface area contributed by atoms with Crippen LogP contribution in [-0.2, 0) is 22.6 Å². The molecule has 12 heteroatoms. The summed E-state index contributed by atoms with van der Waals surface area (Å²) in [5.74, 6) is -0.927. The number of nitrogens with two attached hydrogens (primary N) is 1. The summed E-state index contributed by atoms with van der Waals surface area (Å²) in [4.78, 5) is 15.7. The predicted molar refractivity (Wildman–Crippen MR) is 115 cm³/mol. The van der Waals surface area contributed by atoms with Crippen molar-refractivity contribution in [2.75, 3.05) is 19.8 Å². The SMILES string of the molecule is NC(CO)(CO)COC(Cc1noc2cc(OCc3ccc(Cl)cn3)c(Cl)cc12)C(=O)O. The number of aromatic nitrogens is 2. The number of benzene rings is 1. The van der Waals surface area contributed by atoms with Crippen LogP contribution in [-0.4, -0.2) is 62.9 Å². The second kappa shape index (κ2) is 10.4. The largest absolute Gasteiger partial charge is 0.486 e. The fourth-order valence-electron chi connectivity index (χ4n) is 2.69. The molecule has 1 atom stereocenters. The number of halogens is 2. The lowest BCUT2D eigenvalue weighted by molar-refractivity contribution is -0.152. The number of nitrogens with zero attached hydrogens (tertiary/aromatic N) is 2. The van der Waals surface area contributed by atoms with Crippen molar-refractivity contribution >= 4 is 40.1 Å². The number of aliphatic hydroxyl groups excluding tert-OH is 2. The van der Waals surface area contributed by atoms with E-state index < -0.39 is 30.8 Å². The molecule has 0 saturated heterocycles. The molecule has 2 heterocycles. The number of rotatable bonds is 11. The molecule has 3 rings (SSSR count). The Bertz CT molecular complexity index is 1070. The van der Waals surface area contributed by atoms with E-state index in [2.05, 4.69) is 10.1 Å². The van der Waals surface area contributed by atoms with Gasteiger partial charge in [-0.05, 0) is 18.2 Å². The van der Waals surface area contributed by atoms with Crippen LogP contribution in [0.15, 0.2) is 35.0 Å². The summed E-state index contributed by atoms with van der Waals surface area (Å²) in [6, 6.07) is 6.51. The highest BCUT2D eigenvalue weighted by atomic mass is 35.5. The van der Waals surface area contributed by atoms with Gasteiger partial charge in [-0.1, -0.05) is 28.4 Å². The van der Waals surface area contributed by atoms with E-state index in [9.17, 15) is 20.1 Å². The predicted octanol–water partition coefficient (Wildman–Crippen LogP) is 1.80. The Morgan fingerprint density at radius 1 is 1.25 bits per heavy atom. The molecule has 0 spiro atoms. The minimum absolute atomic E-state index is 0.148. The molecule has 1 unspecified atom stereocenters. The lowest BCUT2D eigenvalue weighted by Crippen LogP contribution is -2.52. The number of carbonyl (C=O) groups is 1. The molecule has 3 aromatic rings. The molecule has 172 valence electrons. The average molecular weight is 486 g/mol. The Labute approximate surface area is 192 Å². The Morgan fingerprint density at radius 2 is 2.00 bits per heavy atom. The molecule has 0 aliphatic carbocycles. The van der Waals surface area contributed by atoms with E-state index in [-0.39, 0.29) is 24.7 Å². The van der Waals surface area contributed by atoms with Gasteiger partial charge in [0.1, 0.15) is 12.4 Å². The number of pyridine rings is 1. The third-order valence-electron chi connectivity index (χ3n) is 4.62. The van der Waals surface area contributed by atoms with Crippen molar-refractivity contribution in [1.82, 2.24) is 10.1 Å². The summed E-state index contributed by atoms with van der Waals surface area (Å²) in [6.45, 7) is -1.38. The van der Waals surface area contributed by atoms with Crippen molar-refractivity contribution in [3.8, 4) is 5.75 Å². The molecular formula is C20H21Cl2N3O7. The molecule has 0 saturated carbocycles. The van der Waals surface area contributed by atoms with Gasteiger partial charge in [0, 0.05) is 24.1 Å². The molecule has 0 amide bonds. The van der Waals surface area contributed by atoms with Gasteiger partial charge in [-0.25, -0.2) is 4.79 Å². The van der Waals surface area contributed by atoms with E-state index in [1.807, 2.05) is 0 Å². The first-order valence-electron chi connectivity index (χ1n) is 9.40. The topological polar surface area (TPSA) is 161 Å². The lowest BCUT2D eigenvalue weighted by atomic mass is 10.1. The van der Waals surface area contributed by atoms with Gasteiger partial charge in [0.2, 0.25) is 0 Å². The fourth-order valence-corrected chi connectivity index (χ4v) is 3.02. The Hall–Kier alpha value is -2.47.